The SMILES string of the molecule is FC(F)C1C(F)C(F)SC1(F)F. The standard InChI is InChI=1S/C5H4F6S/c6-2-1(3(7)8)5(10,11)12-4(2)9/h1-4H. The van der Waals surface area contributed by atoms with E-state index in [0.717, 1.165) is 0 Å². The van der Waals surface area contributed by atoms with Crippen molar-refractivity contribution < 1.29 is 26.3 Å². The maximum Gasteiger partial charge on any atom is 0.307 e. The average molecular weight is 210 g/mol. The van der Waals surface area contributed by atoms with Crippen molar-refractivity contribution in [2.75, 3.05) is 0 Å². The Morgan fingerprint density at radius 1 is 1.17 bits per heavy atom. The van der Waals surface area contributed by atoms with Crippen LogP contribution in [0.25, 0.3) is 0 Å². The molecule has 1 saturated heterocycles. The molecule has 0 aliphatic carbocycles. The van der Waals surface area contributed by atoms with Crippen LogP contribution in [0.2, 0.25) is 0 Å². The molecule has 12 heavy (non-hydrogen) atoms. The maximum atomic E-state index is 12.4. The van der Waals surface area contributed by atoms with E-state index in [4.69, 9.17) is 0 Å². The lowest BCUT2D eigenvalue weighted by atomic mass is 10.1. The Morgan fingerprint density at radius 2 is 1.67 bits per heavy atom. The summed E-state index contributed by atoms with van der Waals surface area (Å²) in [7, 11) is 0. The summed E-state index contributed by atoms with van der Waals surface area (Å²) in [6.45, 7) is 0. The molecular weight excluding hydrogens is 206 g/mol. The van der Waals surface area contributed by atoms with Crippen LogP contribution in [0.1, 0.15) is 0 Å². The second-order valence-corrected chi connectivity index (χ2v) is 3.57. The fourth-order valence-corrected chi connectivity index (χ4v) is 1.92. The Balaban J connectivity index is 2.81. The average Bonchev–Trinajstić information content (AvgIpc) is 2.01. The quantitative estimate of drug-likeness (QED) is 0.599. The summed E-state index contributed by atoms with van der Waals surface area (Å²) in [6, 6.07) is 0. The molecule has 0 nitrogen and oxygen atoms in total. The van der Waals surface area contributed by atoms with Gasteiger partial charge in [0.1, 0.15) is 5.92 Å². The van der Waals surface area contributed by atoms with E-state index in [9.17, 15) is 26.3 Å². The van der Waals surface area contributed by atoms with E-state index < -0.39 is 41.0 Å². The van der Waals surface area contributed by atoms with Crippen LogP contribution in [0, 0.1) is 5.92 Å². The van der Waals surface area contributed by atoms with Crippen molar-refractivity contribution >= 4 is 11.8 Å². The fraction of sp³-hybridized carbons (Fsp3) is 1.00. The van der Waals surface area contributed by atoms with Gasteiger partial charge < -0.3 is 0 Å². The highest BCUT2D eigenvalue weighted by atomic mass is 32.2. The van der Waals surface area contributed by atoms with Crippen LogP contribution in [0.15, 0.2) is 0 Å². The molecule has 0 spiro atoms. The molecule has 0 N–H and O–H groups in total. The predicted molar refractivity (Wildman–Crippen MR) is 31.8 cm³/mol. The Morgan fingerprint density at radius 3 is 1.83 bits per heavy atom. The molecule has 7 heteroatoms. The van der Waals surface area contributed by atoms with Crippen LogP contribution in [0.4, 0.5) is 26.3 Å². The van der Waals surface area contributed by atoms with Crippen LogP contribution < -0.4 is 0 Å². The zero-order chi connectivity index (χ0) is 9.52. The molecule has 1 aliphatic heterocycles. The second-order valence-electron chi connectivity index (χ2n) is 2.34. The van der Waals surface area contributed by atoms with Gasteiger partial charge >= 0.3 is 5.25 Å². The molecule has 72 valence electrons. The van der Waals surface area contributed by atoms with Crippen molar-refractivity contribution in [3.05, 3.63) is 0 Å². The van der Waals surface area contributed by atoms with Crippen LogP contribution in [-0.2, 0) is 0 Å². The summed E-state index contributed by atoms with van der Waals surface area (Å²) in [5.74, 6) is -2.82. The molecule has 1 aliphatic rings. The molecule has 1 rings (SSSR count). The van der Waals surface area contributed by atoms with Crippen molar-refractivity contribution in [2.24, 2.45) is 5.92 Å². The molecule has 3 atom stereocenters. The summed E-state index contributed by atoms with van der Waals surface area (Å²) in [6.07, 6.45) is -6.33. The summed E-state index contributed by atoms with van der Waals surface area (Å²) < 4.78 is 72.8. The van der Waals surface area contributed by atoms with Crippen molar-refractivity contribution in [2.45, 2.75) is 23.4 Å². The first-order valence-electron chi connectivity index (χ1n) is 2.98. The van der Waals surface area contributed by atoms with Gasteiger partial charge in [0.15, 0.2) is 11.7 Å². The minimum atomic E-state index is -4.01. The van der Waals surface area contributed by atoms with Gasteiger partial charge in [-0.25, -0.2) is 17.6 Å². The highest BCUT2D eigenvalue weighted by Gasteiger charge is 2.61. The van der Waals surface area contributed by atoms with Crippen LogP contribution in [0.5, 0.6) is 0 Å². The molecule has 1 heterocycles. The minimum absolute atomic E-state index is 0.688. The van der Waals surface area contributed by atoms with Gasteiger partial charge in [-0.15, -0.1) is 0 Å². The first kappa shape index (κ1) is 10.0. The monoisotopic (exact) mass is 210 g/mol. The van der Waals surface area contributed by atoms with E-state index >= 15 is 0 Å². The molecule has 3 unspecified atom stereocenters. The Labute approximate surface area is 68.3 Å². The van der Waals surface area contributed by atoms with Crippen molar-refractivity contribution in [1.82, 2.24) is 0 Å². The zero-order valence-corrected chi connectivity index (χ0v) is 6.30. The largest absolute Gasteiger partial charge is 0.307 e. The van der Waals surface area contributed by atoms with Crippen molar-refractivity contribution in [3.63, 3.8) is 0 Å². The zero-order valence-electron chi connectivity index (χ0n) is 5.49. The van der Waals surface area contributed by atoms with Crippen LogP contribution in [0.3, 0.4) is 0 Å². The van der Waals surface area contributed by atoms with Crippen LogP contribution >= 0.6 is 11.8 Å². The van der Waals surface area contributed by atoms with Gasteiger partial charge in [-0.2, -0.15) is 8.78 Å². The Bertz CT molecular complexity index is 171. The topological polar surface area (TPSA) is 0 Å². The van der Waals surface area contributed by atoms with Crippen molar-refractivity contribution in [1.29, 1.82) is 0 Å². The van der Waals surface area contributed by atoms with Gasteiger partial charge in [-0.1, -0.05) is 0 Å². The van der Waals surface area contributed by atoms with Gasteiger partial charge in [0.05, 0.1) is 0 Å². The molecule has 0 saturated carbocycles. The third-order valence-electron chi connectivity index (χ3n) is 1.52. The van der Waals surface area contributed by atoms with Gasteiger partial charge in [0.2, 0.25) is 0 Å². The number of hydrogen-bond donors (Lipinski definition) is 0. The lowest BCUT2D eigenvalue weighted by Crippen LogP contribution is -2.32. The van der Waals surface area contributed by atoms with Crippen LogP contribution in [-0.4, -0.2) is 23.4 Å². The molecule has 0 aromatic heterocycles. The van der Waals surface area contributed by atoms with E-state index in [1.54, 1.807) is 0 Å². The third kappa shape index (κ3) is 1.51. The summed E-state index contributed by atoms with van der Waals surface area (Å²) in [5.41, 5.74) is -2.56. The molecule has 0 aromatic rings. The smallest absolute Gasteiger partial charge is 0.242 e. The predicted octanol–water partition coefficient (Wildman–Crippen LogP) is 2.84. The normalized spacial score (nSPS) is 40.8. The van der Waals surface area contributed by atoms with Gasteiger partial charge in [-0.3, -0.25) is 0 Å². The Kier molecular flexibility index (Phi) is 2.51. The number of halogens is 6. The van der Waals surface area contributed by atoms with Crippen molar-refractivity contribution in [3.8, 4) is 0 Å². The number of alkyl halides is 6. The second kappa shape index (κ2) is 3.01. The molecule has 0 amide bonds. The number of thioether (sulfide) groups is 1. The molecule has 0 radical (unpaired) electrons. The van der Waals surface area contributed by atoms with E-state index in [-0.39, 0.29) is 0 Å². The third-order valence-corrected chi connectivity index (χ3v) is 2.59. The highest BCUT2D eigenvalue weighted by Crippen LogP contribution is 2.53. The summed E-state index contributed by atoms with van der Waals surface area (Å²) in [5, 5.41) is -4.01. The highest BCUT2D eigenvalue weighted by molar-refractivity contribution is 8.01. The fourth-order valence-electron chi connectivity index (χ4n) is 0.928. The molecule has 0 bridgehead atoms. The molecule has 0 aromatic carbocycles. The van der Waals surface area contributed by atoms with E-state index in [0.29, 0.717) is 0 Å². The molecular formula is C5H4F6S. The van der Waals surface area contributed by atoms with E-state index in [2.05, 4.69) is 0 Å². The minimum Gasteiger partial charge on any atom is -0.242 e. The van der Waals surface area contributed by atoms with Gasteiger partial charge in [0, 0.05) is 0 Å². The summed E-state index contributed by atoms with van der Waals surface area (Å²) >= 11 is -0.688. The Hall–Kier alpha value is -0.0700. The van der Waals surface area contributed by atoms with E-state index in [1.165, 1.54) is 0 Å². The van der Waals surface area contributed by atoms with E-state index in [1.807, 2.05) is 0 Å². The maximum absolute atomic E-state index is 12.4. The summed E-state index contributed by atoms with van der Waals surface area (Å²) in [4.78, 5) is 0. The first-order chi connectivity index (χ1) is 5.36. The van der Waals surface area contributed by atoms with Gasteiger partial charge in [-0.05, 0) is 11.8 Å². The molecule has 1 fully saturated rings. The number of rotatable bonds is 1. The lowest BCUT2D eigenvalue weighted by molar-refractivity contribution is -0.0769. The lowest BCUT2D eigenvalue weighted by Gasteiger charge is -2.16. The first-order valence-corrected chi connectivity index (χ1v) is 3.86. The van der Waals surface area contributed by atoms with Gasteiger partial charge in [0.25, 0.3) is 6.43 Å². The number of hydrogen-bond acceptors (Lipinski definition) is 1.